The second-order valence-electron chi connectivity index (χ2n) is 3.46. The van der Waals surface area contributed by atoms with E-state index < -0.39 is 29.5 Å². The number of benzene rings is 1. The molecule has 0 amide bonds. The average Bonchev–Trinajstić information content (AvgIpc) is 2.26. The molecule has 0 aliphatic rings. The van der Waals surface area contributed by atoms with E-state index in [1.807, 2.05) is 0 Å². The molecule has 1 atom stereocenters. The molecule has 0 aromatic heterocycles. The number of Topliss-reactive ketones (excluding diaryl/α,β-unsaturated/α-hetero) is 1. The van der Waals surface area contributed by atoms with Crippen LogP contribution in [0.2, 0.25) is 5.02 Å². The van der Waals surface area contributed by atoms with Gasteiger partial charge in [0.15, 0.2) is 0 Å². The summed E-state index contributed by atoms with van der Waals surface area (Å²) in [6, 6.07) is 4.27. The van der Waals surface area contributed by atoms with Gasteiger partial charge in [-0.1, -0.05) is 11.6 Å². The van der Waals surface area contributed by atoms with Crippen LogP contribution >= 0.6 is 11.6 Å². The smallest absolute Gasteiger partial charge is 0.356 e. The molecule has 18 heavy (non-hydrogen) atoms. The molecule has 3 nitrogen and oxygen atoms in total. The van der Waals surface area contributed by atoms with Gasteiger partial charge in [0, 0.05) is 10.6 Å². The summed E-state index contributed by atoms with van der Waals surface area (Å²) in [6.07, 6.45) is -9.23. The Kier molecular flexibility index (Phi) is 3.99. The predicted molar refractivity (Wildman–Crippen MR) is 53.9 cm³/mol. The van der Waals surface area contributed by atoms with E-state index in [1.165, 1.54) is 0 Å². The highest BCUT2D eigenvalue weighted by Gasteiger charge is 2.61. The number of ketones is 1. The fourth-order valence-electron chi connectivity index (χ4n) is 1.09. The van der Waals surface area contributed by atoms with E-state index in [2.05, 4.69) is 0 Å². The minimum absolute atomic E-state index is 0.192. The van der Waals surface area contributed by atoms with Crippen molar-refractivity contribution in [2.24, 2.45) is 0 Å². The van der Waals surface area contributed by atoms with Crippen molar-refractivity contribution in [3.63, 3.8) is 0 Å². The SMILES string of the molecule is O=C(c1ccc(Cl)cc1)C(F)C(O)(O)C(F)(F)F. The Labute approximate surface area is 104 Å². The van der Waals surface area contributed by atoms with Crippen LogP contribution in [0.1, 0.15) is 10.4 Å². The average molecular weight is 287 g/mol. The molecule has 1 aromatic carbocycles. The number of hydrogen-bond donors (Lipinski definition) is 2. The van der Waals surface area contributed by atoms with Crippen molar-refractivity contribution in [3.8, 4) is 0 Å². The maximum Gasteiger partial charge on any atom is 0.446 e. The summed E-state index contributed by atoms with van der Waals surface area (Å²) >= 11 is 5.47. The van der Waals surface area contributed by atoms with E-state index in [-0.39, 0.29) is 5.02 Å². The molecule has 1 unspecified atom stereocenters. The molecule has 0 saturated carbocycles. The highest BCUT2D eigenvalue weighted by molar-refractivity contribution is 6.30. The van der Waals surface area contributed by atoms with Crippen molar-refractivity contribution in [1.29, 1.82) is 0 Å². The lowest BCUT2D eigenvalue weighted by Gasteiger charge is -2.26. The van der Waals surface area contributed by atoms with Gasteiger partial charge in [0.1, 0.15) is 0 Å². The predicted octanol–water partition coefficient (Wildman–Crippen LogP) is 2.10. The summed E-state index contributed by atoms with van der Waals surface area (Å²) in [5.41, 5.74) is -0.455. The second kappa shape index (κ2) is 4.83. The largest absolute Gasteiger partial charge is 0.446 e. The normalized spacial score (nSPS) is 14.4. The molecule has 0 aliphatic carbocycles. The summed E-state index contributed by atoms with van der Waals surface area (Å²) in [7, 11) is 0. The van der Waals surface area contributed by atoms with Gasteiger partial charge in [-0.3, -0.25) is 4.79 Å². The Bertz CT molecular complexity index is 441. The number of halogens is 5. The van der Waals surface area contributed by atoms with Crippen molar-refractivity contribution in [2.75, 3.05) is 0 Å². The van der Waals surface area contributed by atoms with Gasteiger partial charge in [0.25, 0.3) is 0 Å². The van der Waals surface area contributed by atoms with Gasteiger partial charge in [-0.2, -0.15) is 13.2 Å². The van der Waals surface area contributed by atoms with Crippen molar-refractivity contribution >= 4 is 17.4 Å². The Hall–Kier alpha value is -1.18. The third-order valence-corrected chi connectivity index (χ3v) is 2.38. The Morgan fingerprint density at radius 2 is 1.61 bits per heavy atom. The zero-order valence-corrected chi connectivity index (χ0v) is 9.34. The first kappa shape index (κ1) is 14.9. The molecule has 8 heteroatoms. The van der Waals surface area contributed by atoms with E-state index >= 15 is 0 Å². The lowest BCUT2D eigenvalue weighted by Crippen LogP contribution is -2.55. The number of rotatable bonds is 3. The lowest BCUT2D eigenvalue weighted by atomic mass is 10.0. The van der Waals surface area contributed by atoms with E-state index in [0.717, 1.165) is 24.3 Å². The van der Waals surface area contributed by atoms with Gasteiger partial charge in [-0.25, -0.2) is 4.39 Å². The van der Waals surface area contributed by atoms with Crippen molar-refractivity contribution in [1.82, 2.24) is 0 Å². The van der Waals surface area contributed by atoms with Crippen LogP contribution in [0.3, 0.4) is 0 Å². The van der Waals surface area contributed by atoms with E-state index in [0.29, 0.717) is 0 Å². The molecule has 1 aromatic rings. The fraction of sp³-hybridized carbons (Fsp3) is 0.300. The van der Waals surface area contributed by atoms with Gasteiger partial charge < -0.3 is 10.2 Å². The van der Waals surface area contributed by atoms with Gasteiger partial charge in [-0.05, 0) is 24.3 Å². The fourth-order valence-corrected chi connectivity index (χ4v) is 1.21. The quantitative estimate of drug-likeness (QED) is 0.508. The molecule has 0 spiro atoms. The Morgan fingerprint density at radius 3 is 2.00 bits per heavy atom. The molecule has 0 radical (unpaired) electrons. The monoisotopic (exact) mass is 286 g/mol. The van der Waals surface area contributed by atoms with Crippen LogP contribution in [-0.4, -0.2) is 34.1 Å². The minimum atomic E-state index is -5.69. The first-order valence-electron chi connectivity index (χ1n) is 4.52. The first-order chi connectivity index (χ1) is 8.07. The maximum absolute atomic E-state index is 13.3. The molecule has 0 heterocycles. The minimum Gasteiger partial charge on any atom is -0.356 e. The Morgan fingerprint density at radius 1 is 1.17 bits per heavy atom. The molecule has 0 fully saturated rings. The molecular formula is C10H7ClF4O3. The van der Waals surface area contributed by atoms with Crippen LogP contribution < -0.4 is 0 Å². The van der Waals surface area contributed by atoms with Crippen LogP contribution in [-0.2, 0) is 0 Å². The van der Waals surface area contributed by atoms with E-state index in [9.17, 15) is 22.4 Å². The number of aliphatic hydroxyl groups is 2. The standard InChI is InChI=1S/C10H7ClF4O3/c11-6-3-1-5(2-4-6)7(16)8(12)9(17,18)10(13,14)15/h1-4,8,17-18H. The molecule has 1 rings (SSSR count). The van der Waals surface area contributed by atoms with Gasteiger partial charge >= 0.3 is 12.0 Å². The lowest BCUT2D eigenvalue weighted by molar-refractivity contribution is -0.362. The number of alkyl halides is 4. The van der Waals surface area contributed by atoms with Gasteiger partial charge in [-0.15, -0.1) is 0 Å². The highest BCUT2D eigenvalue weighted by Crippen LogP contribution is 2.33. The van der Waals surface area contributed by atoms with Crippen molar-refractivity contribution in [3.05, 3.63) is 34.9 Å². The molecule has 0 bridgehead atoms. The zero-order chi connectivity index (χ0) is 14.1. The first-order valence-corrected chi connectivity index (χ1v) is 4.90. The van der Waals surface area contributed by atoms with Crippen molar-refractivity contribution in [2.45, 2.75) is 18.1 Å². The van der Waals surface area contributed by atoms with Crippen molar-refractivity contribution < 1.29 is 32.6 Å². The van der Waals surface area contributed by atoms with Gasteiger partial charge in [0.2, 0.25) is 12.0 Å². The molecule has 0 saturated heterocycles. The summed E-state index contributed by atoms with van der Waals surface area (Å²) in [6.45, 7) is 0. The third-order valence-electron chi connectivity index (χ3n) is 2.13. The van der Waals surface area contributed by atoms with Crippen LogP contribution in [0.4, 0.5) is 17.6 Å². The van der Waals surface area contributed by atoms with Crippen LogP contribution in [0.5, 0.6) is 0 Å². The number of carbonyl (C=O) groups is 1. The molecule has 0 aliphatic heterocycles. The third kappa shape index (κ3) is 2.80. The summed E-state index contributed by atoms with van der Waals surface area (Å²) in [5.74, 6) is -6.43. The molecule has 2 N–H and O–H groups in total. The van der Waals surface area contributed by atoms with E-state index in [1.54, 1.807) is 0 Å². The zero-order valence-electron chi connectivity index (χ0n) is 8.58. The topological polar surface area (TPSA) is 57.5 Å². The Balaban J connectivity index is 3.01. The van der Waals surface area contributed by atoms with Gasteiger partial charge in [0.05, 0.1) is 0 Å². The molecular weight excluding hydrogens is 280 g/mol. The highest BCUT2D eigenvalue weighted by atomic mass is 35.5. The number of carbonyl (C=O) groups excluding carboxylic acids is 1. The summed E-state index contributed by atoms with van der Waals surface area (Å²) in [5, 5.41) is 17.4. The van der Waals surface area contributed by atoms with Crippen LogP contribution in [0.25, 0.3) is 0 Å². The van der Waals surface area contributed by atoms with Crippen LogP contribution in [0.15, 0.2) is 24.3 Å². The number of hydrogen-bond acceptors (Lipinski definition) is 3. The summed E-state index contributed by atoms with van der Waals surface area (Å²) in [4.78, 5) is 11.3. The van der Waals surface area contributed by atoms with Crippen LogP contribution in [0, 0.1) is 0 Å². The molecule has 100 valence electrons. The second-order valence-corrected chi connectivity index (χ2v) is 3.89. The maximum atomic E-state index is 13.3. The summed E-state index contributed by atoms with van der Waals surface area (Å²) < 4.78 is 49.6. The van der Waals surface area contributed by atoms with E-state index in [4.69, 9.17) is 21.8 Å².